The minimum absolute atomic E-state index is 0.00326. The molecule has 3 aliphatic heterocycles. The van der Waals surface area contributed by atoms with Crippen molar-refractivity contribution >= 4 is 146 Å². The van der Waals surface area contributed by atoms with Crippen LogP contribution in [0.1, 0.15) is 160 Å². The van der Waals surface area contributed by atoms with E-state index >= 15 is 38.4 Å². The lowest BCUT2D eigenvalue weighted by Gasteiger charge is -2.36. The number of aromatic nitrogens is 4. The molecule has 0 spiro atoms. The largest absolute Gasteiger partial charge is 0.497 e. The molecule has 6 heterocycles. The van der Waals surface area contributed by atoms with Crippen LogP contribution < -0.4 is 64.5 Å². The molecule has 44 heteroatoms. The number of imidazole rings is 1. The Balaban J connectivity index is 1.12. The van der Waals surface area contributed by atoms with E-state index < -0.39 is 286 Å². The van der Waals surface area contributed by atoms with Crippen molar-refractivity contribution < 1.29 is 111 Å². The summed E-state index contributed by atoms with van der Waals surface area (Å²) in [6.45, 7) is 6.11. The van der Waals surface area contributed by atoms with Crippen molar-refractivity contribution in [2.24, 2.45) is 29.0 Å². The van der Waals surface area contributed by atoms with Crippen LogP contribution in [0.5, 0.6) is 5.75 Å². The lowest BCUT2D eigenvalue weighted by atomic mass is 9.93. The lowest BCUT2D eigenvalue weighted by molar-refractivity contribution is -0.149. The fourth-order valence-electron chi connectivity index (χ4n) is 17.5. The third-order valence-electron chi connectivity index (χ3n) is 25.3. The molecular formula is C95H130N20O23S. The van der Waals surface area contributed by atoms with Crippen LogP contribution in [0.2, 0.25) is 0 Å². The first-order chi connectivity index (χ1) is 66.1. The number of amides is 16. The number of nitrogens with zero attached hydrogens (tertiary/aromatic N) is 7. The smallest absolute Gasteiger partial charge is 0.323 e. The molecule has 0 unspecified atom stereocenters. The number of ether oxygens (including phenoxy) is 1. The first-order valence-electron chi connectivity index (χ1n) is 46.7. The van der Waals surface area contributed by atoms with Gasteiger partial charge in [-0.05, 0) is 92.3 Å². The number of Topliss-reactive ketones (excluding diaryl/α,β-unsaturated/α-hetero) is 2. The number of carbonyl (C=O) groups is 19. The zero-order chi connectivity index (χ0) is 102. The number of aliphatic hydroxyl groups is 2. The van der Waals surface area contributed by atoms with Crippen molar-refractivity contribution in [3.63, 3.8) is 0 Å². The second kappa shape index (κ2) is 51.7. The first kappa shape index (κ1) is 109. The summed E-state index contributed by atoms with van der Waals surface area (Å²) in [5.41, 5.74) is 19.4. The molecule has 15 atom stereocenters. The average Bonchev–Trinajstić information content (AvgIpc) is 1.64. The number of aromatic amines is 2. The van der Waals surface area contributed by atoms with Gasteiger partial charge < -0.3 is 119 Å². The van der Waals surface area contributed by atoms with Crippen molar-refractivity contribution in [2.45, 2.75) is 254 Å². The summed E-state index contributed by atoms with van der Waals surface area (Å²) < 4.78 is 6.77. The van der Waals surface area contributed by atoms with Gasteiger partial charge in [-0.3, -0.25) is 91.1 Å². The molecule has 754 valence electrons. The number of benzene rings is 3. The van der Waals surface area contributed by atoms with Crippen LogP contribution >= 0.6 is 11.8 Å². The number of unbranched alkanes of at least 4 members (excludes halogenated alkanes) is 2. The fourth-order valence-corrected chi connectivity index (χ4v) is 18.4. The molecule has 3 aromatic carbocycles. The Morgan fingerprint density at radius 3 is 1.82 bits per heavy atom. The maximum atomic E-state index is 15.9. The maximum Gasteiger partial charge on any atom is 0.323 e. The number of carboxylic acids is 1. The molecule has 3 saturated heterocycles. The van der Waals surface area contributed by atoms with Crippen LogP contribution in [0.3, 0.4) is 0 Å². The van der Waals surface area contributed by atoms with Gasteiger partial charge in [-0.25, -0.2) is 4.98 Å². The number of aliphatic hydroxyl groups excluding tert-OH is 2. The number of carbonyl (C=O) groups excluding carboxylic acids is 18. The monoisotopic (exact) mass is 1950 g/mol. The minimum Gasteiger partial charge on any atom is -0.497 e. The Hall–Kier alpha value is -13.7. The summed E-state index contributed by atoms with van der Waals surface area (Å²) in [4.78, 5) is 292. The summed E-state index contributed by atoms with van der Waals surface area (Å²) in [5, 5.41) is 55.5. The second-order valence-corrected chi connectivity index (χ2v) is 37.1. The number of rotatable bonds is 29. The van der Waals surface area contributed by atoms with E-state index in [-0.39, 0.29) is 68.9 Å². The third-order valence-corrected chi connectivity index (χ3v) is 26.3. The van der Waals surface area contributed by atoms with Gasteiger partial charge in [-0.15, -0.1) is 11.8 Å². The van der Waals surface area contributed by atoms with Crippen LogP contribution in [0.25, 0.3) is 21.8 Å². The molecule has 6 aromatic rings. The van der Waals surface area contributed by atoms with Gasteiger partial charge in [-0.1, -0.05) is 102 Å². The molecule has 19 N–H and O–H groups in total. The predicted molar refractivity (Wildman–Crippen MR) is 508 cm³/mol. The van der Waals surface area contributed by atoms with Crippen LogP contribution in [0, 0.1) is 11.8 Å². The van der Waals surface area contributed by atoms with Crippen LogP contribution in [0.4, 0.5) is 0 Å². The van der Waals surface area contributed by atoms with Crippen LogP contribution in [0.15, 0.2) is 97.7 Å². The first-order valence-corrected chi connectivity index (χ1v) is 47.8. The van der Waals surface area contributed by atoms with Gasteiger partial charge in [0.25, 0.3) is 0 Å². The molecule has 16 amide bonds. The summed E-state index contributed by atoms with van der Waals surface area (Å²) in [6, 6.07) is -0.408. The number of primary amides is 3. The number of carboxylic acid groups (broad SMARTS) is 1. The normalized spacial score (nSPS) is 24.5. The zero-order valence-corrected chi connectivity index (χ0v) is 80.5. The highest BCUT2D eigenvalue weighted by Gasteiger charge is 2.47. The zero-order valence-electron chi connectivity index (χ0n) is 79.6. The maximum absolute atomic E-state index is 15.9. The highest BCUT2D eigenvalue weighted by molar-refractivity contribution is 8.00. The summed E-state index contributed by atoms with van der Waals surface area (Å²) >= 11 is 0.830. The van der Waals surface area contributed by atoms with Gasteiger partial charge in [0, 0.05) is 138 Å². The molecule has 3 aromatic heterocycles. The molecule has 43 nitrogen and oxygen atoms in total. The molecule has 0 bridgehead atoms. The van der Waals surface area contributed by atoms with Crippen molar-refractivity contribution in [1.82, 2.24) is 86.6 Å². The van der Waals surface area contributed by atoms with Crippen molar-refractivity contribution in [1.29, 1.82) is 0 Å². The molecule has 0 aliphatic carbocycles. The van der Waals surface area contributed by atoms with E-state index in [0.717, 1.165) is 36.3 Å². The molecule has 9 rings (SSSR count). The average molecular weight is 1950 g/mol. The number of fused-ring (bicyclic) bond motifs is 4. The number of ketones is 2. The predicted octanol–water partition coefficient (Wildman–Crippen LogP) is -0.742. The Bertz CT molecular complexity index is 5420. The fraction of sp³-hybridized carbons (Fsp3) is 0.537. The van der Waals surface area contributed by atoms with Crippen LogP contribution in [-0.4, -0.2) is 315 Å². The van der Waals surface area contributed by atoms with E-state index in [1.165, 1.54) is 58.5 Å². The van der Waals surface area contributed by atoms with Crippen molar-refractivity contribution in [3.8, 4) is 5.75 Å². The minimum atomic E-state index is -1.80. The number of thioether (sulfide) groups is 1. The van der Waals surface area contributed by atoms with Gasteiger partial charge >= 0.3 is 5.97 Å². The van der Waals surface area contributed by atoms with E-state index in [2.05, 4.69) is 57.5 Å². The number of likely N-dealkylation sites (N-methyl/N-ethyl adjacent to an activating group) is 3. The quantitative estimate of drug-likeness (QED) is 0.0275. The molecular weight excluding hydrogens is 1820 g/mol. The number of hydrogen-bond donors (Lipinski definition) is 16. The van der Waals surface area contributed by atoms with E-state index in [1.807, 2.05) is 13.8 Å². The molecule has 139 heavy (non-hydrogen) atoms. The van der Waals surface area contributed by atoms with E-state index in [4.69, 9.17) is 21.9 Å². The van der Waals surface area contributed by atoms with Gasteiger partial charge in [-0.2, -0.15) is 0 Å². The summed E-state index contributed by atoms with van der Waals surface area (Å²) in [6.07, 6.45) is 0.245. The number of hydrogen-bond acceptors (Lipinski definition) is 24. The Morgan fingerprint density at radius 1 is 0.576 bits per heavy atom. The topological polar surface area (TPSA) is 634 Å². The van der Waals surface area contributed by atoms with E-state index in [9.17, 15) is 68.1 Å². The van der Waals surface area contributed by atoms with E-state index in [1.54, 1.807) is 92.8 Å². The summed E-state index contributed by atoms with van der Waals surface area (Å²) in [7, 11) is 5.33. The Morgan fingerprint density at radius 2 is 1.17 bits per heavy atom. The standard InChI is InChI=1S/C95H130N20O23S/c1-10-12-22-73-88(130)105-66(35-52(3)4)86(128)109-71(77(118)31-33-80(97)121)49-139-50-82(123)102-68(36-54-26-28-60(138-9)29-27-54)91(133)110(6)53(5)84(126)107-70(42-81(98)122)94(136)114-34-18-25-74(114)89(131)106-67(40-58-44-99-51-101-58)87(129)103-64(30-32-79(96)120)93(135)115-46-59(117)41-76(115)90(132)104-65(37-55-43-100-63-21-16-14-19-61(55)63)78(119)39-57(48-116)85(127)108-69(92(134)112(8)75(23-13-11-2)95(137)111(73)7)38-56-45-113(47-83(124)125)72-24-17-15-20-62(56)72/h14-17,19-21,24,26-29,43-45,51-53,57,59,64-71,73-76,100,116-117H,10-13,18,22-23,25,30-42,46-50H2,1-9H3,(H2,96,120)(H2,97,121)(H2,98,122)(H,99,101)(H,102,123)(H,103,129)(H,104,132)(H,105,130)(H,106,131)(H,107,126)(H,108,127)(H,109,128)(H,124,125)/t53-,57-,59+,64-,65-,66-,67-,68-,69-,70-,71-,73-,74-,75-,76-/m0/s1. The number of para-hydroxylation sites is 2. The Labute approximate surface area is 807 Å². The number of methoxy groups -OCH3 is 1. The molecule has 3 aliphatic rings. The third kappa shape index (κ3) is 30.2. The highest BCUT2D eigenvalue weighted by Crippen LogP contribution is 2.30. The number of H-pyrrole nitrogens is 2. The Kier molecular flexibility index (Phi) is 40.5. The van der Waals surface area contributed by atoms with Crippen LogP contribution in [-0.2, 0) is 123 Å². The SMILES string of the molecule is CCCC[C@H]1C(=O)N(C)[C@@H](CCCC)C(=O)N[C@@H](CC(C)C)C(=O)N[C@H](C(=O)CCC(N)=O)CSCC(=O)N[C@@H](Cc2ccc(OC)cc2)C(=O)N(C)[C@@H](C)C(=O)N[C@@H](CC(N)=O)C(=O)N2CCC[C@H]2C(=O)N[C@@H](Cc2c[nH]cn2)C(=O)N[C@@H](CCC(N)=O)C(=O)N2C[C@H](O)C[C@H]2C(=O)N[C@@H](Cc2c[nH]c3ccccc23)C(=O)C[C@@H](CO)C(=O)N[C@@H](Cc2cn(CC(=O)O)c3ccccc23)C(=O)N1C. The van der Waals surface area contributed by atoms with Gasteiger partial charge in [0.1, 0.15) is 78.8 Å². The number of nitrogens with two attached hydrogens (primary N) is 3. The molecule has 0 saturated carbocycles. The van der Waals surface area contributed by atoms with Gasteiger partial charge in [0.05, 0.1) is 62.0 Å². The van der Waals surface area contributed by atoms with Gasteiger partial charge in [0.15, 0.2) is 11.6 Å². The number of aliphatic carboxylic acids is 1. The molecule has 0 radical (unpaired) electrons. The van der Waals surface area contributed by atoms with E-state index in [0.29, 0.717) is 69.9 Å². The van der Waals surface area contributed by atoms with Crippen molar-refractivity contribution in [2.75, 3.05) is 59.5 Å². The highest BCUT2D eigenvalue weighted by atomic mass is 32.2. The second-order valence-electron chi connectivity index (χ2n) is 36.1. The summed E-state index contributed by atoms with van der Waals surface area (Å²) in [5.74, 6) is -20.5. The van der Waals surface area contributed by atoms with Gasteiger partial charge in [0.2, 0.25) is 94.5 Å². The molecule has 3 fully saturated rings. The lowest BCUT2D eigenvalue weighted by Crippen LogP contribution is -2.60. The van der Waals surface area contributed by atoms with Crippen molar-refractivity contribution in [3.05, 3.63) is 120 Å². The number of nitrogens with one attached hydrogen (secondary N) is 10.